The lowest BCUT2D eigenvalue weighted by molar-refractivity contribution is -0.595. The normalized spacial score (nSPS) is 12.8. The second-order valence-electron chi connectivity index (χ2n) is 16.5. The fraction of sp³-hybridized carbons (Fsp3) is 0.463. The number of nitrogens with zero attached hydrogens (tertiary/aromatic N) is 1. The van der Waals surface area contributed by atoms with Gasteiger partial charge in [0.15, 0.2) is 4.88 Å². The molecule has 1 heterocycles. The minimum Gasteiger partial charge on any atom is -0.462 e. The summed E-state index contributed by atoms with van der Waals surface area (Å²) < 4.78 is 7.67. The molecule has 0 spiro atoms. The molecule has 0 aliphatic heterocycles. The van der Waals surface area contributed by atoms with Crippen LogP contribution < -0.4 is 4.57 Å². The van der Waals surface area contributed by atoms with Crippen LogP contribution in [0.2, 0.25) is 0 Å². The van der Waals surface area contributed by atoms with Crippen LogP contribution in [0.5, 0.6) is 0 Å². The number of hydrogen-bond donors (Lipinski definition) is 0. The Hall–Kier alpha value is -3.24. The first-order chi connectivity index (χ1) is 20.6. The minimum atomic E-state index is -0.271. The van der Waals surface area contributed by atoms with Crippen molar-refractivity contribution in [2.24, 2.45) is 0 Å². The predicted molar refractivity (Wildman–Crippen MR) is 192 cm³/mol. The van der Waals surface area contributed by atoms with Crippen LogP contribution >= 0.6 is 11.3 Å². The second kappa shape index (κ2) is 12.2. The molecule has 3 aromatic carbocycles. The first-order valence-electron chi connectivity index (χ1n) is 16.3. The third-order valence-electron chi connectivity index (χ3n) is 8.66. The van der Waals surface area contributed by atoms with Crippen molar-refractivity contribution in [3.05, 3.63) is 92.9 Å². The maximum absolute atomic E-state index is 13.0. The highest BCUT2D eigenvalue weighted by Crippen LogP contribution is 2.41. The second-order valence-corrected chi connectivity index (χ2v) is 17.4. The van der Waals surface area contributed by atoms with Crippen LogP contribution in [-0.2, 0) is 26.4 Å². The Balaban J connectivity index is 2.16. The zero-order valence-electron chi connectivity index (χ0n) is 30.2. The smallest absolute Gasteiger partial charge is 0.355 e. The van der Waals surface area contributed by atoms with Gasteiger partial charge in [-0.1, -0.05) is 137 Å². The number of carbonyl (C=O) groups excluding carboxylic acids is 1. The summed E-state index contributed by atoms with van der Waals surface area (Å²) in [6.45, 7) is 31.6. The molecule has 0 bridgehead atoms. The number of rotatable bonds is 5. The Labute approximate surface area is 276 Å². The molecule has 0 unspecified atom stereocenters. The Morgan fingerprint density at radius 3 is 1.38 bits per heavy atom. The monoisotopic (exact) mass is 624 g/mol. The first kappa shape index (κ1) is 34.6. The van der Waals surface area contributed by atoms with Gasteiger partial charge in [-0.2, -0.15) is 4.57 Å². The van der Waals surface area contributed by atoms with Gasteiger partial charge in [0, 0.05) is 6.92 Å². The molecule has 1 aromatic heterocycles. The molecule has 0 aliphatic carbocycles. The summed E-state index contributed by atoms with van der Waals surface area (Å²) in [7, 11) is 0. The number of hydrogen-bond acceptors (Lipinski definition) is 3. The molecule has 3 nitrogen and oxygen atoms in total. The van der Waals surface area contributed by atoms with Crippen LogP contribution in [0.3, 0.4) is 0 Å². The zero-order valence-corrected chi connectivity index (χ0v) is 31.0. The van der Waals surface area contributed by atoms with Gasteiger partial charge in [0.2, 0.25) is 16.9 Å². The number of ether oxygens (including phenoxy) is 1. The van der Waals surface area contributed by atoms with Crippen molar-refractivity contribution in [1.29, 1.82) is 0 Å². The maximum atomic E-state index is 13.0. The van der Waals surface area contributed by atoms with E-state index in [2.05, 4.69) is 148 Å². The molecule has 4 aromatic rings. The van der Waals surface area contributed by atoms with E-state index < -0.39 is 0 Å². The molecule has 0 aliphatic rings. The van der Waals surface area contributed by atoms with Crippen molar-refractivity contribution < 1.29 is 14.1 Å². The molecule has 0 amide bonds. The lowest BCUT2D eigenvalue weighted by Gasteiger charge is -2.27. The van der Waals surface area contributed by atoms with Gasteiger partial charge in [0.05, 0.1) is 17.7 Å². The number of carbonyl (C=O) groups is 1. The number of benzene rings is 3. The highest BCUT2D eigenvalue weighted by atomic mass is 32.1. The van der Waals surface area contributed by atoms with E-state index in [1.165, 1.54) is 44.7 Å². The van der Waals surface area contributed by atoms with E-state index in [0.717, 1.165) is 22.5 Å². The fourth-order valence-corrected chi connectivity index (χ4v) is 6.46. The van der Waals surface area contributed by atoms with Gasteiger partial charge in [0.25, 0.3) is 0 Å². The van der Waals surface area contributed by atoms with Gasteiger partial charge < -0.3 is 4.74 Å². The van der Waals surface area contributed by atoms with Crippen LogP contribution in [0.25, 0.3) is 27.9 Å². The zero-order chi connectivity index (χ0) is 33.7. The molecule has 4 heteroatoms. The fourth-order valence-electron chi connectivity index (χ4n) is 5.56. The SMILES string of the molecule is CCOC(=O)c1sc[n+](-c2c(-c3cc(C(C)(C)C)cc(C(C)(C)C)c3)cccc2-c2cc(C(C)(C)C)cc(C(C)(C)C)c2)c1C. The first-order valence-corrected chi connectivity index (χ1v) is 17.1. The van der Waals surface area contributed by atoms with E-state index in [0.29, 0.717) is 11.5 Å². The van der Waals surface area contributed by atoms with Gasteiger partial charge in [-0.05, 0) is 74.1 Å². The topological polar surface area (TPSA) is 30.2 Å². The van der Waals surface area contributed by atoms with Gasteiger partial charge in [-0.3, -0.25) is 0 Å². The highest BCUT2D eigenvalue weighted by molar-refractivity contribution is 7.11. The Morgan fingerprint density at radius 1 is 0.667 bits per heavy atom. The van der Waals surface area contributed by atoms with Crippen molar-refractivity contribution in [3.8, 4) is 27.9 Å². The Kier molecular flexibility index (Phi) is 9.37. The van der Waals surface area contributed by atoms with Crippen LogP contribution in [0.15, 0.2) is 60.1 Å². The predicted octanol–water partition coefficient (Wildman–Crippen LogP) is 11.0. The Bertz CT molecular complexity index is 1550. The molecule has 0 atom stereocenters. The van der Waals surface area contributed by atoms with Gasteiger partial charge in [-0.15, -0.1) is 0 Å². The average Bonchev–Trinajstić information content (AvgIpc) is 3.31. The molecular weight excluding hydrogens is 571 g/mol. The summed E-state index contributed by atoms with van der Waals surface area (Å²) in [5.41, 5.74) is 13.9. The highest BCUT2D eigenvalue weighted by Gasteiger charge is 2.31. The summed E-state index contributed by atoms with van der Waals surface area (Å²) >= 11 is 1.44. The van der Waals surface area contributed by atoms with Crippen LogP contribution in [0.1, 0.15) is 128 Å². The molecule has 45 heavy (non-hydrogen) atoms. The molecule has 0 saturated carbocycles. The Morgan fingerprint density at radius 2 is 1.04 bits per heavy atom. The molecular formula is C41H54NO2S+. The number of aromatic nitrogens is 1. The molecule has 240 valence electrons. The van der Waals surface area contributed by atoms with Crippen molar-refractivity contribution in [3.63, 3.8) is 0 Å². The quantitative estimate of drug-likeness (QED) is 0.163. The molecule has 0 fully saturated rings. The van der Waals surface area contributed by atoms with E-state index in [1.807, 2.05) is 13.8 Å². The van der Waals surface area contributed by atoms with Crippen LogP contribution in [-0.4, -0.2) is 12.6 Å². The molecule has 4 rings (SSSR count). The lowest BCUT2D eigenvalue weighted by Crippen LogP contribution is -2.33. The van der Waals surface area contributed by atoms with E-state index in [-0.39, 0.29) is 27.6 Å². The summed E-state index contributed by atoms with van der Waals surface area (Å²) in [5.74, 6) is -0.271. The van der Waals surface area contributed by atoms with Crippen molar-refractivity contribution in [1.82, 2.24) is 0 Å². The van der Waals surface area contributed by atoms with Crippen molar-refractivity contribution >= 4 is 17.3 Å². The number of esters is 1. The average molecular weight is 625 g/mol. The van der Waals surface area contributed by atoms with Crippen LogP contribution in [0.4, 0.5) is 0 Å². The van der Waals surface area contributed by atoms with Gasteiger partial charge >= 0.3 is 5.97 Å². The largest absolute Gasteiger partial charge is 0.462 e. The third-order valence-corrected chi connectivity index (χ3v) is 9.67. The number of para-hydroxylation sites is 1. The maximum Gasteiger partial charge on any atom is 0.355 e. The van der Waals surface area contributed by atoms with Gasteiger partial charge in [0.1, 0.15) is 0 Å². The van der Waals surface area contributed by atoms with Crippen LogP contribution in [0, 0.1) is 6.92 Å². The molecule has 0 radical (unpaired) electrons. The summed E-state index contributed by atoms with van der Waals surface area (Å²) in [6, 6.07) is 20.8. The minimum absolute atomic E-state index is 0.0149. The van der Waals surface area contributed by atoms with Gasteiger partial charge in [-0.25, -0.2) is 4.79 Å². The van der Waals surface area contributed by atoms with E-state index >= 15 is 0 Å². The van der Waals surface area contributed by atoms with Crippen molar-refractivity contribution in [2.45, 2.75) is 119 Å². The summed E-state index contributed by atoms with van der Waals surface area (Å²) in [4.78, 5) is 13.6. The third kappa shape index (κ3) is 7.43. The van der Waals surface area contributed by atoms with E-state index in [9.17, 15) is 4.79 Å². The summed E-state index contributed by atoms with van der Waals surface area (Å²) in [6.07, 6.45) is 0. The number of thiazole rings is 1. The van der Waals surface area contributed by atoms with E-state index in [1.54, 1.807) is 0 Å². The van der Waals surface area contributed by atoms with Crippen molar-refractivity contribution in [2.75, 3.05) is 6.61 Å². The van der Waals surface area contributed by atoms with E-state index in [4.69, 9.17) is 4.74 Å². The lowest BCUT2D eigenvalue weighted by atomic mass is 9.77. The molecule has 0 N–H and O–H groups in total. The summed E-state index contributed by atoms with van der Waals surface area (Å²) in [5, 5.41) is 0. The molecule has 0 saturated heterocycles. The standard InChI is InChI=1S/C41H54NO2S/c1-15-44-37(43)36-26(2)42(25-45-36)35-33(27-19-29(38(3,4)5)23-30(20-27)39(6,7)8)17-16-18-34(35)28-21-31(40(9,10)11)24-32(22-28)41(12,13)14/h16-25H,15H2,1-14H3/q+1.